The van der Waals surface area contributed by atoms with E-state index in [2.05, 4.69) is 19.7 Å². The molecule has 0 spiro atoms. The zero-order chi connectivity index (χ0) is 25.8. The molecule has 9 nitrogen and oxygen atoms in total. The van der Waals surface area contributed by atoms with Gasteiger partial charge in [-0.15, -0.1) is 10.2 Å². The van der Waals surface area contributed by atoms with Gasteiger partial charge < -0.3 is 14.8 Å². The van der Waals surface area contributed by atoms with Gasteiger partial charge in [-0.2, -0.15) is 39.5 Å². The minimum atomic E-state index is -6.56. The average molecular weight is 520 g/mol. The molecule has 0 aromatic carbocycles. The maximum absolute atomic E-state index is 13.8. The highest BCUT2D eigenvalue weighted by Crippen LogP contribution is 2.49. The van der Waals surface area contributed by atoms with E-state index >= 15 is 0 Å². The fourth-order valence-corrected chi connectivity index (χ4v) is 2.90. The summed E-state index contributed by atoms with van der Waals surface area (Å²) in [6.45, 7) is 0.517. The lowest BCUT2D eigenvalue weighted by atomic mass is 9.81. The second-order valence-corrected chi connectivity index (χ2v) is 6.71. The van der Waals surface area contributed by atoms with Crippen molar-refractivity contribution in [3.8, 4) is 0 Å². The van der Waals surface area contributed by atoms with E-state index < -0.39 is 82.6 Å². The average Bonchev–Trinajstić information content (AvgIpc) is 3.08. The lowest BCUT2D eigenvalue weighted by molar-refractivity contribution is -0.317. The number of alkyl halides is 9. The van der Waals surface area contributed by atoms with Gasteiger partial charge >= 0.3 is 36.5 Å². The molecule has 0 radical (unpaired) electrons. The number of carbonyl (C=O) groups excluding carboxylic acids is 3. The summed E-state index contributed by atoms with van der Waals surface area (Å²) >= 11 is -0.419. The van der Waals surface area contributed by atoms with Crippen molar-refractivity contribution in [2.45, 2.75) is 37.9 Å². The molecule has 1 heterocycles. The largest absolute Gasteiger partial charge is 0.465 e. The molecule has 0 saturated carbocycles. The van der Waals surface area contributed by atoms with Crippen molar-refractivity contribution in [2.75, 3.05) is 18.5 Å². The Kier molecular flexibility index (Phi) is 8.50. The number of amides is 2. The van der Waals surface area contributed by atoms with Crippen LogP contribution < -0.4 is 10.6 Å². The number of carbonyl (C=O) groups is 3. The Bertz CT molecular complexity index is 836. The van der Waals surface area contributed by atoms with Crippen molar-refractivity contribution in [1.82, 2.24) is 15.5 Å². The summed E-state index contributed by atoms with van der Waals surface area (Å²) in [4.78, 5) is 36.0. The minimum Gasteiger partial charge on any atom is -0.465 e. The zero-order valence-corrected chi connectivity index (χ0v) is 17.1. The van der Waals surface area contributed by atoms with Crippen LogP contribution in [0.15, 0.2) is 0 Å². The number of hydrogen-bond donors (Lipinski definition) is 2. The molecule has 0 unspecified atom stereocenters. The molecule has 33 heavy (non-hydrogen) atoms. The molecule has 0 aliphatic heterocycles. The summed E-state index contributed by atoms with van der Waals surface area (Å²) in [5.41, 5.74) is -5.60. The van der Waals surface area contributed by atoms with Crippen molar-refractivity contribution in [3.05, 3.63) is 5.01 Å². The number of rotatable bonds is 7. The second-order valence-electron chi connectivity index (χ2n) is 5.73. The summed E-state index contributed by atoms with van der Waals surface area (Å²) < 4.78 is 129. The van der Waals surface area contributed by atoms with Gasteiger partial charge in [0.1, 0.15) is 0 Å². The van der Waals surface area contributed by atoms with E-state index in [1.54, 1.807) is 0 Å². The fraction of sp³-hybridized carbons (Fsp3) is 0.643. The monoisotopic (exact) mass is 520 g/mol. The first-order valence-corrected chi connectivity index (χ1v) is 9.20. The predicted molar refractivity (Wildman–Crippen MR) is 88.7 cm³/mol. The molecule has 188 valence electrons. The number of ether oxygens (including phenoxy) is 2. The lowest BCUT2D eigenvalue weighted by Crippen LogP contribution is -2.74. The molecular formula is C14H13F9N4O5S. The molecule has 0 aliphatic carbocycles. The van der Waals surface area contributed by atoms with E-state index in [1.807, 2.05) is 0 Å². The van der Waals surface area contributed by atoms with E-state index in [0.29, 0.717) is 5.32 Å². The lowest BCUT2D eigenvalue weighted by Gasteiger charge is -2.40. The summed E-state index contributed by atoms with van der Waals surface area (Å²) in [7, 11) is 0. The van der Waals surface area contributed by atoms with Crippen molar-refractivity contribution >= 4 is 34.4 Å². The second kappa shape index (κ2) is 9.96. The molecule has 1 aromatic heterocycles. The first-order valence-electron chi connectivity index (χ1n) is 8.38. The van der Waals surface area contributed by atoms with Gasteiger partial charge in [0.2, 0.25) is 10.1 Å². The van der Waals surface area contributed by atoms with Gasteiger partial charge in [0.15, 0.2) is 5.92 Å². The third kappa shape index (κ3) is 6.14. The van der Waals surface area contributed by atoms with Gasteiger partial charge in [-0.1, -0.05) is 11.3 Å². The number of urea groups is 1. The maximum atomic E-state index is 13.8. The molecule has 2 amide bonds. The van der Waals surface area contributed by atoms with E-state index in [-0.39, 0.29) is 0 Å². The van der Waals surface area contributed by atoms with Crippen molar-refractivity contribution in [2.24, 2.45) is 5.92 Å². The van der Waals surface area contributed by atoms with Gasteiger partial charge in [-0.25, -0.2) is 4.79 Å². The van der Waals surface area contributed by atoms with Crippen molar-refractivity contribution in [3.63, 3.8) is 0 Å². The topological polar surface area (TPSA) is 120 Å². The predicted octanol–water partition coefficient (Wildman–Crippen LogP) is 3.28. The molecule has 0 bridgehead atoms. The Hall–Kier alpha value is -2.86. The fourth-order valence-electron chi connectivity index (χ4n) is 2.30. The minimum absolute atomic E-state index is 0.419. The number of nitrogens with zero attached hydrogens (tertiary/aromatic N) is 2. The Morgan fingerprint density at radius 3 is 1.67 bits per heavy atom. The maximum Gasteiger partial charge on any atom is 0.445 e. The van der Waals surface area contributed by atoms with Crippen LogP contribution in [0.25, 0.3) is 0 Å². The number of anilines is 1. The van der Waals surface area contributed by atoms with Gasteiger partial charge in [-0.05, 0) is 13.8 Å². The molecular weight excluding hydrogens is 507 g/mol. The Morgan fingerprint density at radius 1 is 0.879 bits per heavy atom. The first-order chi connectivity index (χ1) is 14.9. The van der Waals surface area contributed by atoms with Gasteiger partial charge in [-0.3, -0.25) is 14.9 Å². The Morgan fingerprint density at radius 2 is 1.33 bits per heavy atom. The van der Waals surface area contributed by atoms with Crippen LogP contribution in [0.1, 0.15) is 18.9 Å². The van der Waals surface area contributed by atoms with Crippen LogP contribution in [0.5, 0.6) is 0 Å². The van der Waals surface area contributed by atoms with E-state index in [9.17, 15) is 53.9 Å². The number of halogens is 9. The van der Waals surface area contributed by atoms with Gasteiger partial charge in [0.25, 0.3) is 5.54 Å². The van der Waals surface area contributed by atoms with Gasteiger partial charge in [0, 0.05) is 0 Å². The van der Waals surface area contributed by atoms with Crippen LogP contribution in [0.2, 0.25) is 0 Å². The van der Waals surface area contributed by atoms with Crippen LogP contribution in [0, 0.1) is 5.92 Å². The molecule has 0 fully saturated rings. The van der Waals surface area contributed by atoms with Crippen LogP contribution >= 0.6 is 11.3 Å². The van der Waals surface area contributed by atoms with Crippen LogP contribution in [0.3, 0.4) is 0 Å². The quantitative estimate of drug-likeness (QED) is 0.322. The van der Waals surface area contributed by atoms with Crippen molar-refractivity contribution in [1.29, 1.82) is 0 Å². The molecule has 1 aromatic rings. The van der Waals surface area contributed by atoms with Crippen LogP contribution in [-0.2, 0) is 25.2 Å². The summed E-state index contributed by atoms with van der Waals surface area (Å²) in [6, 6.07) is -2.41. The summed E-state index contributed by atoms with van der Waals surface area (Å²) in [6.07, 6.45) is -18.2. The Balaban J connectivity index is 3.55. The van der Waals surface area contributed by atoms with Crippen molar-refractivity contribution < 1.29 is 63.4 Å². The molecule has 0 atom stereocenters. The zero-order valence-electron chi connectivity index (χ0n) is 16.2. The third-order valence-corrected chi connectivity index (χ3v) is 4.45. The molecule has 2 N–H and O–H groups in total. The van der Waals surface area contributed by atoms with E-state index in [0.717, 1.165) is 13.8 Å². The van der Waals surface area contributed by atoms with Gasteiger partial charge in [0.05, 0.1) is 13.2 Å². The SMILES string of the molecule is CCOC(=O)C(C(=O)OCC)C(NC(=O)Nc1nnc(C(F)(F)F)s1)(C(F)(F)F)C(F)(F)F. The van der Waals surface area contributed by atoms with Crippen LogP contribution in [-0.4, -0.2) is 59.3 Å². The normalized spacial score (nSPS) is 13.0. The van der Waals surface area contributed by atoms with E-state index in [1.165, 1.54) is 5.32 Å². The number of esters is 2. The molecule has 0 saturated heterocycles. The van der Waals surface area contributed by atoms with E-state index in [4.69, 9.17) is 0 Å². The Labute approximate surface area is 181 Å². The highest BCUT2D eigenvalue weighted by Gasteiger charge is 2.79. The number of nitrogens with one attached hydrogen (secondary N) is 2. The molecule has 1 rings (SSSR count). The van der Waals surface area contributed by atoms with Crippen LogP contribution in [0.4, 0.5) is 49.4 Å². The number of aromatic nitrogens is 2. The summed E-state index contributed by atoms with van der Waals surface area (Å²) in [5.74, 6) is -8.48. The molecule has 0 aliphatic rings. The molecule has 19 heteroatoms. The highest BCUT2D eigenvalue weighted by atomic mass is 32.1. The standard InChI is InChI=1S/C14H13F9N4O5S/c1-3-31-6(28)5(7(29)32-4-2)11(13(18,19)20,14(21,22)23)25-9(30)24-10-27-26-8(33-10)12(15,16)17/h5H,3-4H2,1-2H3,(H2,24,25,27,30). The summed E-state index contributed by atoms with van der Waals surface area (Å²) in [5, 5.41) is 4.22. The first kappa shape index (κ1) is 28.2. The third-order valence-electron chi connectivity index (χ3n) is 3.57. The highest BCUT2D eigenvalue weighted by molar-refractivity contribution is 7.15. The number of hydrogen-bond acceptors (Lipinski definition) is 8. The smallest absolute Gasteiger partial charge is 0.445 e.